The van der Waals surface area contributed by atoms with Gasteiger partial charge < -0.3 is 15.1 Å². The summed E-state index contributed by atoms with van der Waals surface area (Å²) in [6, 6.07) is 8.48. The second kappa shape index (κ2) is 11.4. The number of carbonyl (C=O) groups is 2. The van der Waals surface area contributed by atoms with Crippen molar-refractivity contribution in [3.63, 3.8) is 0 Å². The molecule has 162 valence electrons. The molecule has 3 heterocycles. The van der Waals surface area contributed by atoms with Gasteiger partial charge in [-0.1, -0.05) is 18.2 Å². The maximum atomic E-state index is 12.7. The minimum absolute atomic E-state index is 0. The summed E-state index contributed by atoms with van der Waals surface area (Å²) in [4.78, 5) is 31.3. The van der Waals surface area contributed by atoms with Crippen molar-refractivity contribution in [3.05, 3.63) is 29.8 Å². The van der Waals surface area contributed by atoms with Gasteiger partial charge in [-0.05, 0) is 18.1 Å². The van der Waals surface area contributed by atoms with Crippen molar-refractivity contribution in [1.29, 1.82) is 0 Å². The zero-order valence-corrected chi connectivity index (χ0v) is 19.0. The molecule has 29 heavy (non-hydrogen) atoms. The summed E-state index contributed by atoms with van der Waals surface area (Å²) in [7, 11) is 0. The molecule has 9 heteroatoms. The number of hydrogen-bond donors (Lipinski definition) is 1. The van der Waals surface area contributed by atoms with Gasteiger partial charge in [0.1, 0.15) is 0 Å². The number of fused-ring (bicyclic) bond motifs is 1. The van der Waals surface area contributed by atoms with Crippen molar-refractivity contribution >= 4 is 54.1 Å². The molecule has 2 amide bonds. The number of thioether (sulfide) groups is 1. The maximum Gasteiger partial charge on any atom is 0.241 e. The highest BCUT2D eigenvalue weighted by Crippen LogP contribution is 2.27. The van der Waals surface area contributed by atoms with Gasteiger partial charge in [-0.15, -0.1) is 24.8 Å². The normalized spacial score (nSPS) is 21.7. The molecular formula is C20H30Cl2N4O2S. The van der Waals surface area contributed by atoms with Crippen molar-refractivity contribution in [1.82, 2.24) is 15.1 Å². The number of halogens is 2. The number of benzene rings is 1. The van der Waals surface area contributed by atoms with Crippen LogP contribution in [-0.4, -0.2) is 85.0 Å². The van der Waals surface area contributed by atoms with Crippen LogP contribution in [0.25, 0.3) is 0 Å². The summed E-state index contributed by atoms with van der Waals surface area (Å²) in [6.45, 7) is 5.23. The van der Waals surface area contributed by atoms with E-state index < -0.39 is 0 Å². The lowest BCUT2D eigenvalue weighted by atomic mass is 10.2. The van der Waals surface area contributed by atoms with Crippen molar-refractivity contribution in [2.45, 2.75) is 18.9 Å². The molecule has 2 fully saturated rings. The molecule has 1 aromatic carbocycles. The Balaban J connectivity index is 0.00000150. The van der Waals surface area contributed by atoms with Gasteiger partial charge in [-0.3, -0.25) is 14.5 Å². The predicted octanol–water partition coefficient (Wildman–Crippen LogP) is 1.66. The van der Waals surface area contributed by atoms with E-state index >= 15 is 0 Å². The summed E-state index contributed by atoms with van der Waals surface area (Å²) >= 11 is 1.92. The van der Waals surface area contributed by atoms with E-state index in [0.717, 1.165) is 62.9 Å². The zero-order valence-electron chi connectivity index (χ0n) is 16.5. The molecule has 0 saturated carbocycles. The number of para-hydroxylation sites is 1. The summed E-state index contributed by atoms with van der Waals surface area (Å²) < 4.78 is 0. The van der Waals surface area contributed by atoms with Crippen molar-refractivity contribution in [3.8, 4) is 0 Å². The predicted molar refractivity (Wildman–Crippen MR) is 124 cm³/mol. The largest absolute Gasteiger partial charge is 0.340 e. The highest BCUT2D eigenvalue weighted by molar-refractivity contribution is 7.99. The summed E-state index contributed by atoms with van der Waals surface area (Å²) in [5, 5.41) is 3.43. The number of nitrogens with zero attached hydrogens (tertiary/aromatic N) is 3. The minimum Gasteiger partial charge on any atom is -0.340 e. The van der Waals surface area contributed by atoms with E-state index in [-0.39, 0.29) is 36.6 Å². The maximum absolute atomic E-state index is 12.7. The second-order valence-electron chi connectivity index (χ2n) is 7.51. The van der Waals surface area contributed by atoms with Gasteiger partial charge in [0.05, 0.1) is 6.54 Å². The Kier molecular flexibility index (Phi) is 9.56. The highest BCUT2D eigenvalue weighted by atomic mass is 35.5. The first-order valence-electron chi connectivity index (χ1n) is 9.90. The highest BCUT2D eigenvalue weighted by Gasteiger charge is 2.28. The Morgan fingerprint density at radius 3 is 2.52 bits per heavy atom. The molecule has 1 atom stereocenters. The van der Waals surface area contributed by atoms with Crippen LogP contribution in [0.2, 0.25) is 0 Å². The Hall–Kier alpha value is -0.990. The molecule has 3 aliphatic rings. The second-order valence-corrected chi connectivity index (χ2v) is 8.66. The number of amides is 2. The first-order valence-corrected chi connectivity index (χ1v) is 11.1. The molecule has 1 N–H and O–H groups in total. The Morgan fingerprint density at radius 2 is 1.79 bits per heavy atom. The number of anilines is 1. The topological polar surface area (TPSA) is 55.9 Å². The number of carbonyl (C=O) groups excluding carboxylic acids is 2. The van der Waals surface area contributed by atoms with Crippen LogP contribution in [0.3, 0.4) is 0 Å². The molecule has 0 aliphatic carbocycles. The first-order chi connectivity index (χ1) is 13.2. The number of rotatable bonds is 4. The lowest BCUT2D eigenvalue weighted by Gasteiger charge is -2.36. The monoisotopic (exact) mass is 460 g/mol. The van der Waals surface area contributed by atoms with E-state index in [9.17, 15) is 9.59 Å². The van der Waals surface area contributed by atoms with Crippen LogP contribution >= 0.6 is 36.6 Å². The van der Waals surface area contributed by atoms with E-state index in [1.165, 1.54) is 5.56 Å². The van der Waals surface area contributed by atoms with Crippen molar-refractivity contribution in [2.24, 2.45) is 0 Å². The van der Waals surface area contributed by atoms with Gasteiger partial charge in [-0.2, -0.15) is 11.8 Å². The molecule has 4 rings (SSSR count). The lowest BCUT2D eigenvalue weighted by molar-refractivity contribution is -0.133. The molecule has 0 aromatic heterocycles. The molecule has 2 saturated heterocycles. The summed E-state index contributed by atoms with van der Waals surface area (Å²) in [5.74, 6) is 2.58. The average Bonchev–Trinajstić information content (AvgIpc) is 3.13. The quantitative estimate of drug-likeness (QED) is 0.740. The fraction of sp³-hybridized carbons (Fsp3) is 0.600. The number of nitrogens with one attached hydrogen (secondary N) is 1. The van der Waals surface area contributed by atoms with E-state index in [1.807, 2.05) is 39.8 Å². The minimum atomic E-state index is 0. The third-order valence-corrected chi connectivity index (χ3v) is 6.82. The molecule has 1 aromatic rings. The van der Waals surface area contributed by atoms with Crippen molar-refractivity contribution < 1.29 is 9.59 Å². The Morgan fingerprint density at radius 1 is 1.03 bits per heavy atom. The number of piperazine rings is 1. The molecule has 6 nitrogen and oxygen atoms in total. The van der Waals surface area contributed by atoms with Crippen LogP contribution in [0.1, 0.15) is 12.0 Å². The van der Waals surface area contributed by atoms with Gasteiger partial charge in [0.25, 0.3) is 0 Å². The summed E-state index contributed by atoms with van der Waals surface area (Å²) in [5.41, 5.74) is 2.32. The average molecular weight is 461 g/mol. The Labute approximate surface area is 189 Å². The molecular weight excluding hydrogens is 431 g/mol. The molecule has 0 radical (unpaired) electrons. The molecule has 0 spiro atoms. The fourth-order valence-electron chi connectivity index (χ4n) is 4.12. The smallest absolute Gasteiger partial charge is 0.241 e. The standard InChI is InChI=1S/C20H28N4O2S.2ClH/c25-19(13-17-15-27-12-6-21-17)23-10-8-22(9-11-23)14-20(26)24-7-5-16-3-1-2-4-18(16)24;;/h1-4,17,21H,5-15H2;2*1H. The Bertz CT molecular complexity index is 695. The van der Waals surface area contributed by atoms with E-state index in [2.05, 4.69) is 16.3 Å². The van der Waals surface area contributed by atoms with Crippen LogP contribution < -0.4 is 10.2 Å². The van der Waals surface area contributed by atoms with Crippen LogP contribution in [0.4, 0.5) is 5.69 Å². The van der Waals surface area contributed by atoms with E-state index in [0.29, 0.717) is 19.0 Å². The third-order valence-electron chi connectivity index (χ3n) is 5.69. The molecule has 1 unspecified atom stereocenters. The molecule has 3 aliphatic heterocycles. The van der Waals surface area contributed by atoms with Gasteiger partial charge >= 0.3 is 0 Å². The van der Waals surface area contributed by atoms with Crippen LogP contribution in [-0.2, 0) is 16.0 Å². The van der Waals surface area contributed by atoms with Gasteiger partial charge in [-0.25, -0.2) is 0 Å². The zero-order chi connectivity index (χ0) is 18.6. The lowest BCUT2D eigenvalue weighted by Crippen LogP contribution is -2.52. The SMILES string of the molecule is Cl.Cl.O=C(CC1CSCCN1)N1CCN(CC(=O)N2CCc3ccccc32)CC1. The van der Waals surface area contributed by atoms with Crippen LogP contribution in [0.5, 0.6) is 0 Å². The first kappa shape index (κ1) is 24.3. The van der Waals surface area contributed by atoms with E-state index in [1.54, 1.807) is 0 Å². The van der Waals surface area contributed by atoms with Gasteiger partial charge in [0.2, 0.25) is 11.8 Å². The van der Waals surface area contributed by atoms with Crippen molar-refractivity contribution in [2.75, 3.05) is 62.2 Å². The summed E-state index contributed by atoms with van der Waals surface area (Å²) in [6.07, 6.45) is 1.54. The van der Waals surface area contributed by atoms with E-state index in [4.69, 9.17) is 0 Å². The van der Waals surface area contributed by atoms with Crippen LogP contribution in [0, 0.1) is 0 Å². The molecule has 0 bridgehead atoms. The number of hydrogen-bond acceptors (Lipinski definition) is 5. The van der Waals surface area contributed by atoms with Gasteiger partial charge in [0.15, 0.2) is 0 Å². The van der Waals surface area contributed by atoms with Crippen LogP contribution in [0.15, 0.2) is 24.3 Å². The van der Waals surface area contributed by atoms with Gasteiger partial charge in [0, 0.05) is 68.9 Å². The third kappa shape index (κ3) is 6.01. The fourth-order valence-corrected chi connectivity index (χ4v) is 5.07.